The van der Waals surface area contributed by atoms with Crippen LogP contribution in [-0.2, 0) is 0 Å². The highest BCUT2D eigenvalue weighted by Gasteiger charge is 2.19. The fourth-order valence-electron chi connectivity index (χ4n) is 1.42. The zero-order chi connectivity index (χ0) is 13.0. The second-order valence-corrected chi connectivity index (χ2v) is 3.36. The molecule has 2 N–H and O–H groups in total. The van der Waals surface area contributed by atoms with E-state index in [9.17, 15) is 14.9 Å². The lowest BCUT2D eigenvalue weighted by Gasteiger charge is -2.18. The van der Waals surface area contributed by atoms with Gasteiger partial charge in [-0.1, -0.05) is 0 Å². The SMILES string of the molecule is CCN(CC)C(=O)c1cc([N+](=O)[O-])cnc1N. The lowest BCUT2D eigenvalue weighted by molar-refractivity contribution is -0.385. The van der Waals surface area contributed by atoms with Gasteiger partial charge in [0.2, 0.25) is 0 Å². The molecule has 7 heteroatoms. The Labute approximate surface area is 98.4 Å². The molecule has 0 fully saturated rings. The molecule has 1 aromatic rings. The predicted molar refractivity (Wildman–Crippen MR) is 62.6 cm³/mol. The smallest absolute Gasteiger partial charge is 0.288 e. The lowest BCUT2D eigenvalue weighted by Crippen LogP contribution is -2.31. The van der Waals surface area contributed by atoms with Crippen LogP contribution in [0.1, 0.15) is 24.2 Å². The van der Waals surface area contributed by atoms with Gasteiger partial charge in [-0.3, -0.25) is 14.9 Å². The minimum atomic E-state index is -0.606. The summed E-state index contributed by atoms with van der Waals surface area (Å²) in [5.41, 5.74) is 5.39. The largest absolute Gasteiger partial charge is 0.383 e. The van der Waals surface area contributed by atoms with E-state index in [2.05, 4.69) is 4.98 Å². The highest BCUT2D eigenvalue weighted by molar-refractivity contribution is 5.98. The molecule has 17 heavy (non-hydrogen) atoms. The van der Waals surface area contributed by atoms with Crippen LogP contribution in [0.25, 0.3) is 0 Å². The van der Waals surface area contributed by atoms with E-state index >= 15 is 0 Å². The molecule has 1 rings (SSSR count). The molecular formula is C10H14N4O3. The third kappa shape index (κ3) is 2.68. The predicted octanol–water partition coefficient (Wildman–Crippen LogP) is 1.05. The van der Waals surface area contributed by atoms with Gasteiger partial charge < -0.3 is 10.6 Å². The van der Waals surface area contributed by atoms with Crippen LogP contribution in [0.15, 0.2) is 12.3 Å². The molecule has 0 radical (unpaired) electrons. The van der Waals surface area contributed by atoms with Gasteiger partial charge in [-0.05, 0) is 13.8 Å². The van der Waals surface area contributed by atoms with Crippen LogP contribution >= 0.6 is 0 Å². The number of anilines is 1. The average Bonchev–Trinajstić information content (AvgIpc) is 2.30. The van der Waals surface area contributed by atoms with E-state index in [0.717, 1.165) is 12.3 Å². The number of nitro groups is 1. The third-order valence-electron chi connectivity index (χ3n) is 2.40. The number of carbonyl (C=O) groups is 1. The van der Waals surface area contributed by atoms with Crippen molar-refractivity contribution in [1.82, 2.24) is 9.88 Å². The van der Waals surface area contributed by atoms with Crippen molar-refractivity contribution in [3.05, 3.63) is 27.9 Å². The minimum Gasteiger partial charge on any atom is -0.383 e. The lowest BCUT2D eigenvalue weighted by atomic mass is 10.2. The Balaban J connectivity index is 3.16. The van der Waals surface area contributed by atoms with E-state index in [-0.39, 0.29) is 23.0 Å². The topological polar surface area (TPSA) is 102 Å². The number of carbonyl (C=O) groups excluding carboxylic acids is 1. The summed E-state index contributed by atoms with van der Waals surface area (Å²) >= 11 is 0. The molecule has 0 aliphatic carbocycles. The van der Waals surface area contributed by atoms with Crippen molar-refractivity contribution in [3.63, 3.8) is 0 Å². The van der Waals surface area contributed by atoms with Gasteiger partial charge in [0.05, 0.1) is 10.5 Å². The zero-order valence-corrected chi connectivity index (χ0v) is 9.71. The molecule has 0 atom stereocenters. The molecule has 7 nitrogen and oxygen atoms in total. The molecule has 0 aliphatic rings. The number of hydrogen-bond acceptors (Lipinski definition) is 5. The molecule has 1 aromatic heterocycles. The summed E-state index contributed by atoms with van der Waals surface area (Å²) in [5.74, 6) is -0.337. The molecule has 0 unspecified atom stereocenters. The second kappa shape index (κ2) is 5.24. The Morgan fingerprint density at radius 1 is 1.53 bits per heavy atom. The number of pyridine rings is 1. The zero-order valence-electron chi connectivity index (χ0n) is 9.71. The molecule has 1 amide bonds. The van der Waals surface area contributed by atoms with Crippen molar-refractivity contribution in [2.24, 2.45) is 0 Å². The number of nitrogen functional groups attached to an aromatic ring is 1. The molecule has 0 saturated carbocycles. The van der Waals surface area contributed by atoms with Gasteiger partial charge in [-0.2, -0.15) is 0 Å². The minimum absolute atomic E-state index is 0.00694. The normalized spacial score (nSPS) is 10.0. The van der Waals surface area contributed by atoms with Gasteiger partial charge in [-0.25, -0.2) is 4.98 Å². The first-order chi connectivity index (χ1) is 8.01. The van der Waals surface area contributed by atoms with Crippen molar-refractivity contribution in [3.8, 4) is 0 Å². The number of rotatable bonds is 4. The summed E-state index contributed by atoms with van der Waals surface area (Å²) in [6, 6.07) is 1.16. The van der Waals surface area contributed by atoms with Crippen LogP contribution in [0.4, 0.5) is 11.5 Å². The fourth-order valence-corrected chi connectivity index (χ4v) is 1.42. The van der Waals surface area contributed by atoms with Gasteiger partial charge >= 0.3 is 0 Å². The average molecular weight is 238 g/mol. The van der Waals surface area contributed by atoms with Crippen molar-refractivity contribution in [2.45, 2.75) is 13.8 Å². The van der Waals surface area contributed by atoms with E-state index in [1.54, 1.807) is 0 Å². The van der Waals surface area contributed by atoms with E-state index in [0.29, 0.717) is 13.1 Å². The van der Waals surface area contributed by atoms with Gasteiger partial charge in [-0.15, -0.1) is 0 Å². The van der Waals surface area contributed by atoms with Crippen molar-refractivity contribution in [1.29, 1.82) is 0 Å². The number of nitrogens with zero attached hydrogens (tertiary/aromatic N) is 3. The third-order valence-corrected chi connectivity index (χ3v) is 2.40. The molecule has 92 valence electrons. The van der Waals surface area contributed by atoms with E-state index < -0.39 is 4.92 Å². The Hall–Kier alpha value is -2.18. The molecule has 0 spiro atoms. The van der Waals surface area contributed by atoms with Crippen LogP contribution in [-0.4, -0.2) is 33.8 Å². The van der Waals surface area contributed by atoms with Gasteiger partial charge in [0.25, 0.3) is 11.6 Å². The molecule has 1 heterocycles. The Bertz CT molecular complexity index is 443. The standard InChI is InChI=1S/C10H14N4O3/c1-3-13(4-2)10(15)8-5-7(14(16)17)6-12-9(8)11/h5-6H,3-4H2,1-2H3,(H2,11,12). The summed E-state index contributed by atoms with van der Waals surface area (Å²) in [6.45, 7) is 4.67. The van der Waals surface area contributed by atoms with Gasteiger partial charge in [0, 0.05) is 19.2 Å². The highest BCUT2D eigenvalue weighted by atomic mass is 16.6. The van der Waals surface area contributed by atoms with Crippen molar-refractivity contribution in [2.75, 3.05) is 18.8 Å². The maximum absolute atomic E-state index is 12.0. The number of hydrogen-bond donors (Lipinski definition) is 1. The van der Waals surface area contributed by atoms with Crippen molar-refractivity contribution < 1.29 is 9.72 Å². The maximum atomic E-state index is 12.0. The molecule has 0 saturated heterocycles. The Morgan fingerprint density at radius 3 is 2.59 bits per heavy atom. The summed E-state index contributed by atoms with van der Waals surface area (Å²) in [4.78, 5) is 27.2. The molecule has 0 aliphatic heterocycles. The van der Waals surface area contributed by atoms with Gasteiger partial charge in [0.1, 0.15) is 12.0 Å². The second-order valence-electron chi connectivity index (χ2n) is 3.36. The maximum Gasteiger partial charge on any atom is 0.288 e. The van der Waals surface area contributed by atoms with E-state index in [1.807, 2.05) is 13.8 Å². The number of amides is 1. The highest BCUT2D eigenvalue weighted by Crippen LogP contribution is 2.18. The monoisotopic (exact) mass is 238 g/mol. The molecule has 0 bridgehead atoms. The molecule has 0 aromatic carbocycles. The van der Waals surface area contributed by atoms with Crippen LogP contribution < -0.4 is 5.73 Å². The molecular weight excluding hydrogens is 224 g/mol. The number of aromatic nitrogens is 1. The van der Waals surface area contributed by atoms with Gasteiger partial charge in [0.15, 0.2) is 0 Å². The van der Waals surface area contributed by atoms with Crippen LogP contribution in [0.3, 0.4) is 0 Å². The Kier molecular flexibility index (Phi) is 3.97. The van der Waals surface area contributed by atoms with Crippen LogP contribution in [0.2, 0.25) is 0 Å². The van der Waals surface area contributed by atoms with Crippen molar-refractivity contribution >= 4 is 17.4 Å². The Morgan fingerprint density at radius 2 is 2.12 bits per heavy atom. The van der Waals surface area contributed by atoms with E-state index in [4.69, 9.17) is 5.73 Å². The summed E-state index contributed by atoms with van der Waals surface area (Å²) in [5, 5.41) is 10.6. The number of nitrogens with two attached hydrogens (primary N) is 1. The first kappa shape index (κ1) is 12.9. The first-order valence-electron chi connectivity index (χ1n) is 5.20. The van der Waals surface area contributed by atoms with Crippen LogP contribution in [0, 0.1) is 10.1 Å². The quantitative estimate of drug-likeness (QED) is 0.624. The fraction of sp³-hybridized carbons (Fsp3) is 0.400. The summed E-state index contributed by atoms with van der Waals surface area (Å²) < 4.78 is 0. The summed E-state index contributed by atoms with van der Waals surface area (Å²) in [6.07, 6.45) is 1.04. The summed E-state index contributed by atoms with van der Waals surface area (Å²) in [7, 11) is 0. The first-order valence-corrected chi connectivity index (χ1v) is 5.20. The van der Waals surface area contributed by atoms with Crippen LogP contribution in [0.5, 0.6) is 0 Å². The van der Waals surface area contributed by atoms with E-state index in [1.165, 1.54) is 4.90 Å².